The van der Waals surface area contributed by atoms with Crippen LogP contribution in [-0.4, -0.2) is 14.1 Å². The summed E-state index contributed by atoms with van der Waals surface area (Å²) < 4.78 is 6.67. The Bertz CT molecular complexity index is 608. The van der Waals surface area contributed by atoms with E-state index in [1.165, 1.54) is 5.57 Å². The van der Waals surface area contributed by atoms with E-state index in [9.17, 15) is 4.79 Å². The molecular weight excluding hydrogens is 312 g/mol. The molecule has 1 unspecified atom stereocenters. The predicted molar refractivity (Wildman–Crippen MR) is 104 cm³/mol. The van der Waals surface area contributed by atoms with Gasteiger partial charge in [0.05, 0.1) is 5.76 Å². The highest BCUT2D eigenvalue weighted by Gasteiger charge is 2.41. The van der Waals surface area contributed by atoms with Crippen LogP contribution in [0.5, 0.6) is 0 Å². The third kappa shape index (κ3) is 4.38. The molecule has 0 saturated carbocycles. The molecule has 2 rings (SSSR count). The van der Waals surface area contributed by atoms with Gasteiger partial charge in [-0.2, -0.15) is 0 Å². The molecule has 1 atom stereocenters. The normalized spacial score (nSPS) is 19.3. The first-order chi connectivity index (χ1) is 11.1. The topological polar surface area (TPSA) is 26.3 Å². The molecule has 2 nitrogen and oxygen atoms in total. The number of hydrogen-bond acceptors (Lipinski definition) is 2. The Kier molecular flexibility index (Phi) is 5.74. The molecular formula is C21H32O2Si. The number of carbonyl (C=O) groups excluding carboxylic acids is 1. The fourth-order valence-electron chi connectivity index (χ4n) is 2.98. The fourth-order valence-corrected chi connectivity index (χ4v) is 4.17. The predicted octanol–water partition coefficient (Wildman–Crippen LogP) is 6.36. The summed E-state index contributed by atoms with van der Waals surface area (Å²) in [6.07, 6.45) is 3.87. The first-order valence-corrected chi connectivity index (χ1v) is 12.0. The van der Waals surface area contributed by atoms with E-state index < -0.39 is 8.32 Å². The molecule has 1 aliphatic rings. The van der Waals surface area contributed by atoms with Crippen LogP contribution in [0, 0.1) is 5.92 Å². The highest BCUT2D eigenvalue weighted by molar-refractivity contribution is 6.74. The maximum atomic E-state index is 12.7. The third-order valence-corrected chi connectivity index (χ3v) is 9.94. The summed E-state index contributed by atoms with van der Waals surface area (Å²) in [7, 11) is -1.88. The van der Waals surface area contributed by atoms with Crippen molar-refractivity contribution in [1.29, 1.82) is 0 Å². The van der Waals surface area contributed by atoms with Crippen LogP contribution in [0.25, 0.3) is 0 Å². The second-order valence-corrected chi connectivity index (χ2v) is 13.3. The molecule has 0 spiro atoms. The summed E-state index contributed by atoms with van der Waals surface area (Å²) in [6, 6.07) is 9.64. The number of rotatable bonds is 5. The van der Waals surface area contributed by atoms with Crippen LogP contribution in [0.4, 0.5) is 0 Å². The van der Waals surface area contributed by atoms with Crippen molar-refractivity contribution in [3.05, 3.63) is 47.2 Å². The number of carbonyl (C=O) groups is 1. The second kappa shape index (κ2) is 7.26. The van der Waals surface area contributed by atoms with Crippen molar-refractivity contribution in [3.63, 3.8) is 0 Å². The second-order valence-electron chi connectivity index (χ2n) is 8.59. The summed E-state index contributed by atoms with van der Waals surface area (Å²) in [4.78, 5) is 12.7. The SMILES string of the molecule is CC1=C(O[Si](C)(C)C(C)(C)C)C(CC(=O)c2ccccc2)CCC1. The Labute approximate surface area is 148 Å². The average Bonchev–Trinajstić information content (AvgIpc) is 2.50. The van der Waals surface area contributed by atoms with Crippen LogP contribution in [-0.2, 0) is 4.43 Å². The zero-order chi connectivity index (χ0) is 18.0. The van der Waals surface area contributed by atoms with Crippen molar-refractivity contribution in [2.45, 2.75) is 71.5 Å². The van der Waals surface area contributed by atoms with E-state index in [0.29, 0.717) is 6.42 Å². The first-order valence-electron chi connectivity index (χ1n) is 9.09. The van der Waals surface area contributed by atoms with E-state index in [4.69, 9.17) is 4.43 Å². The lowest BCUT2D eigenvalue weighted by Crippen LogP contribution is -2.42. The van der Waals surface area contributed by atoms with Gasteiger partial charge >= 0.3 is 0 Å². The van der Waals surface area contributed by atoms with Gasteiger partial charge < -0.3 is 4.43 Å². The molecule has 3 heteroatoms. The van der Waals surface area contributed by atoms with Gasteiger partial charge in [0.2, 0.25) is 8.32 Å². The average molecular weight is 345 g/mol. The van der Waals surface area contributed by atoms with Crippen molar-refractivity contribution in [3.8, 4) is 0 Å². The molecule has 1 aliphatic carbocycles. The van der Waals surface area contributed by atoms with Gasteiger partial charge in [-0.1, -0.05) is 51.1 Å². The zero-order valence-corrected chi connectivity index (χ0v) is 17.1. The van der Waals surface area contributed by atoms with Crippen LogP contribution in [0.1, 0.15) is 63.7 Å². The molecule has 1 aromatic carbocycles. The lowest BCUT2D eigenvalue weighted by Gasteiger charge is -2.40. The molecule has 0 fully saturated rings. The molecule has 1 aromatic rings. The Morgan fingerprint density at radius 3 is 2.42 bits per heavy atom. The Balaban J connectivity index is 2.19. The van der Waals surface area contributed by atoms with E-state index in [-0.39, 0.29) is 16.7 Å². The number of allylic oxidation sites excluding steroid dienone is 2. The summed E-state index contributed by atoms with van der Waals surface area (Å²) in [5, 5.41) is 0.172. The maximum absolute atomic E-state index is 12.7. The quantitative estimate of drug-likeness (QED) is 0.459. The van der Waals surface area contributed by atoms with E-state index in [1.54, 1.807) is 0 Å². The van der Waals surface area contributed by atoms with Crippen LogP contribution in [0.3, 0.4) is 0 Å². The Morgan fingerprint density at radius 1 is 1.21 bits per heavy atom. The molecule has 0 bridgehead atoms. The van der Waals surface area contributed by atoms with Crippen molar-refractivity contribution in [2.24, 2.45) is 5.92 Å². The van der Waals surface area contributed by atoms with Crippen molar-refractivity contribution in [1.82, 2.24) is 0 Å². The largest absolute Gasteiger partial charge is 0.546 e. The fraction of sp³-hybridized carbons (Fsp3) is 0.571. The summed E-state index contributed by atoms with van der Waals surface area (Å²) in [6.45, 7) is 13.6. The lowest BCUT2D eigenvalue weighted by atomic mass is 9.85. The molecule has 0 amide bonds. The van der Waals surface area contributed by atoms with Gasteiger partial charge in [0, 0.05) is 17.9 Å². The van der Waals surface area contributed by atoms with Gasteiger partial charge in [-0.3, -0.25) is 4.79 Å². The molecule has 132 valence electrons. The number of hydrogen-bond donors (Lipinski definition) is 0. The van der Waals surface area contributed by atoms with Gasteiger partial charge in [-0.15, -0.1) is 0 Å². The lowest BCUT2D eigenvalue weighted by molar-refractivity contribution is 0.0952. The third-order valence-electron chi connectivity index (χ3n) is 5.59. The standard InChI is InChI=1S/C21H32O2Si/c1-16-11-10-14-18(15-19(22)17-12-8-7-9-13-17)20(16)23-24(5,6)21(2,3)4/h7-9,12-13,18H,10-11,14-15H2,1-6H3. The minimum Gasteiger partial charge on any atom is -0.546 e. The maximum Gasteiger partial charge on any atom is 0.250 e. The molecule has 0 aromatic heterocycles. The van der Waals surface area contributed by atoms with Gasteiger partial charge in [0.1, 0.15) is 0 Å². The zero-order valence-electron chi connectivity index (χ0n) is 16.1. The molecule has 0 radical (unpaired) electrons. The van der Waals surface area contributed by atoms with E-state index in [2.05, 4.69) is 40.8 Å². The number of benzene rings is 1. The number of ketones is 1. The van der Waals surface area contributed by atoms with E-state index >= 15 is 0 Å². The van der Waals surface area contributed by atoms with Crippen LogP contribution in [0.2, 0.25) is 18.1 Å². The molecule has 0 saturated heterocycles. The Hall–Kier alpha value is -1.35. The van der Waals surface area contributed by atoms with Gasteiger partial charge in [-0.05, 0) is 49.9 Å². The molecule has 0 aliphatic heterocycles. The van der Waals surface area contributed by atoms with Crippen LogP contribution in [0.15, 0.2) is 41.7 Å². The van der Waals surface area contributed by atoms with Gasteiger partial charge in [0.15, 0.2) is 5.78 Å². The smallest absolute Gasteiger partial charge is 0.250 e. The first kappa shape index (κ1) is 19.0. The monoisotopic (exact) mass is 344 g/mol. The van der Waals surface area contributed by atoms with Crippen molar-refractivity contribution in [2.75, 3.05) is 0 Å². The molecule has 0 N–H and O–H groups in total. The van der Waals surface area contributed by atoms with Crippen LogP contribution < -0.4 is 0 Å². The van der Waals surface area contributed by atoms with E-state index in [0.717, 1.165) is 30.6 Å². The highest BCUT2D eigenvalue weighted by Crippen LogP contribution is 2.42. The number of Topliss-reactive ketones (excluding diaryl/α,β-unsaturated/α-hetero) is 1. The van der Waals surface area contributed by atoms with Crippen molar-refractivity contribution < 1.29 is 9.22 Å². The Morgan fingerprint density at radius 2 is 1.83 bits per heavy atom. The minimum absolute atomic E-state index is 0.172. The summed E-state index contributed by atoms with van der Waals surface area (Å²) in [5.74, 6) is 1.59. The minimum atomic E-state index is -1.88. The van der Waals surface area contributed by atoms with Gasteiger partial charge in [0.25, 0.3) is 0 Å². The highest BCUT2D eigenvalue weighted by atomic mass is 28.4. The van der Waals surface area contributed by atoms with Crippen molar-refractivity contribution >= 4 is 14.1 Å². The van der Waals surface area contributed by atoms with Crippen LogP contribution >= 0.6 is 0 Å². The molecule has 0 heterocycles. The summed E-state index contributed by atoms with van der Waals surface area (Å²) >= 11 is 0. The summed E-state index contributed by atoms with van der Waals surface area (Å²) in [5.41, 5.74) is 2.16. The molecule has 24 heavy (non-hydrogen) atoms. The van der Waals surface area contributed by atoms with E-state index in [1.807, 2.05) is 30.3 Å². The van der Waals surface area contributed by atoms with Gasteiger partial charge in [-0.25, -0.2) is 0 Å².